The first-order valence-corrected chi connectivity index (χ1v) is 11.3. The van der Waals surface area contributed by atoms with Crippen molar-refractivity contribution in [1.29, 1.82) is 0 Å². The average Bonchev–Trinajstić information content (AvgIpc) is 3.34. The number of amides is 1. The van der Waals surface area contributed by atoms with Gasteiger partial charge in [0.15, 0.2) is 0 Å². The lowest BCUT2D eigenvalue weighted by Crippen LogP contribution is -2.34. The minimum Gasteiger partial charge on any atom is -0.497 e. The third kappa shape index (κ3) is 5.46. The fourth-order valence-corrected chi connectivity index (χ4v) is 3.76. The van der Waals surface area contributed by atoms with Crippen LogP contribution < -0.4 is 14.8 Å². The molecule has 1 unspecified atom stereocenters. The quantitative estimate of drug-likeness (QED) is 0.372. The van der Waals surface area contributed by atoms with Crippen LogP contribution in [0.2, 0.25) is 0 Å². The summed E-state index contributed by atoms with van der Waals surface area (Å²) in [6, 6.07) is 27.2. The van der Waals surface area contributed by atoms with E-state index in [0.717, 1.165) is 35.6 Å². The van der Waals surface area contributed by atoms with Crippen molar-refractivity contribution >= 4 is 5.91 Å². The van der Waals surface area contributed by atoms with Gasteiger partial charge in [-0.15, -0.1) is 0 Å². The van der Waals surface area contributed by atoms with E-state index >= 15 is 0 Å². The van der Waals surface area contributed by atoms with Crippen LogP contribution in [0.15, 0.2) is 84.9 Å². The van der Waals surface area contributed by atoms with E-state index in [-0.39, 0.29) is 11.9 Å². The lowest BCUT2D eigenvalue weighted by atomic mass is 10.1. The minimum absolute atomic E-state index is 0.0105. The molecule has 174 valence electrons. The van der Waals surface area contributed by atoms with Crippen LogP contribution >= 0.6 is 0 Å². The van der Waals surface area contributed by atoms with Crippen molar-refractivity contribution < 1.29 is 14.3 Å². The van der Waals surface area contributed by atoms with Crippen LogP contribution in [0, 0.1) is 0 Å². The molecule has 0 bridgehead atoms. The third-order valence-electron chi connectivity index (χ3n) is 5.73. The standard InChI is InChI=1S/C28H29N3O3/c1-20(9-10-21-7-5-4-6-8-21)29-28(32)27-19-26(22-11-15-24(33-2)16-12-22)30-31(27)23-13-17-25(34-3)18-14-23/h4-8,11-20H,9-10H2,1-3H3,(H,29,32). The van der Waals surface area contributed by atoms with Crippen molar-refractivity contribution in [2.75, 3.05) is 14.2 Å². The molecule has 4 rings (SSSR count). The van der Waals surface area contributed by atoms with Gasteiger partial charge in [0, 0.05) is 11.6 Å². The van der Waals surface area contributed by atoms with E-state index in [0.29, 0.717) is 11.4 Å². The minimum atomic E-state index is -0.163. The largest absolute Gasteiger partial charge is 0.497 e. The van der Waals surface area contributed by atoms with Crippen LogP contribution in [0.25, 0.3) is 16.9 Å². The molecule has 0 aliphatic carbocycles. The predicted octanol–water partition coefficient (Wildman–Crippen LogP) is 5.31. The van der Waals surface area contributed by atoms with Gasteiger partial charge in [-0.2, -0.15) is 5.10 Å². The number of aryl methyl sites for hydroxylation is 1. The third-order valence-corrected chi connectivity index (χ3v) is 5.73. The van der Waals surface area contributed by atoms with Crippen molar-refractivity contribution in [2.45, 2.75) is 25.8 Å². The Morgan fingerprint density at radius 2 is 1.53 bits per heavy atom. The fraction of sp³-hybridized carbons (Fsp3) is 0.214. The second kappa shape index (κ2) is 10.7. The normalized spacial score (nSPS) is 11.6. The highest BCUT2D eigenvalue weighted by atomic mass is 16.5. The van der Waals surface area contributed by atoms with Gasteiger partial charge in [-0.3, -0.25) is 4.79 Å². The van der Waals surface area contributed by atoms with Crippen LogP contribution in [-0.4, -0.2) is 35.9 Å². The number of carbonyl (C=O) groups excluding carboxylic acids is 1. The Bertz CT molecular complexity index is 1220. The van der Waals surface area contributed by atoms with Crippen LogP contribution in [0.5, 0.6) is 11.5 Å². The Labute approximate surface area is 200 Å². The summed E-state index contributed by atoms with van der Waals surface area (Å²) in [5.41, 5.74) is 4.12. The van der Waals surface area contributed by atoms with Crippen molar-refractivity contribution in [3.8, 4) is 28.4 Å². The van der Waals surface area contributed by atoms with E-state index in [2.05, 4.69) is 17.4 Å². The van der Waals surface area contributed by atoms with Crippen LogP contribution in [0.1, 0.15) is 29.4 Å². The zero-order valence-corrected chi connectivity index (χ0v) is 19.7. The highest BCUT2D eigenvalue weighted by molar-refractivity contribution is 5.94. The zero-order valence-electron chi connectivity index (χ0n) is 19.7. The van der Waals surface area contributed by atoms with Crippen molar-refractivity contribution in [1.82, 2.24) is 15.1 Å². The molecule has 3 aromatic carbocycles. The van der Waals surface area contributed by atoms with Crippen LogP contribution in [0.3, 0.4) is 0 Å². The molecule has 6 heteroatoms. The first-order valence-electron chi connectivity index (χ1n) is 11.3. The number of nitrogens with one attached hydrogen (secondary N) is 1. The molecule has 0 saturated carbocycles. The molecule has 34 heavy (non-hydrogen) atoms. The Morgan fingerprint density at radius 3 is 2.15 bits per heavy atom. The lowest BCUT2D eigenvalue weighted by Gasteiger charge is -2.15. The number of aromatic nitrogens is 2. The molecular formula is C28H29N3O3. The van der Waals surface area contributed by atoms with Gasteiger partial charge in [0.2, 0.25) is 0 Å². The summed E-state index contributed by atoms with van der Waals surface area (Å²) in [6.07, 6.45) is 1.74. The van der Waals surface area contributed by atoms with E-state index in [9.17, 15) is 4.79 Å². The molecule has 1 N–H and O–H groups in total. The Morgan fingerprint density at radius 1 is 0.912 bits per heavy atom. The van der Waals surface area contributed by atoms with E-state index in [1.807, 2.05) is 79.7 Å². The molecular weight excluding hydrogens is 426 g/mol. The molecule has 0 saturated heterocycles. The number of methoxy groups -OCH3 is 2. The zero-order chi connectivity index (χ0) is 23.9. The van der Waals surface area contributed by atoms with Gasteiger partial charge in [-0.1, -0.05) is 30.3 Å². The van der Waals surface area contributed by atoms with Gasteiger partial charge >= 0.3 is 0 Å². The summed E-state index contributed by atoms with van der Waals surface area (Å²) in [5.74, 6) is 1.35. The second-order valence-corrected chi connectivity index (χ2v) is 8.15. The van der Waals surface area contributed by atoms with Gasteiger partial charge < -0.3 is 14.8 Å². The maximum atomic E-state index is 13.3. The van der Waals surface area contributed by atoms with E-state index in [4.69, 9.17) is 14.6 Å². The molecule has 0 radical (unpaired) electrons. The molecule has 0 spiro atoms. The molecule has 1 heterocycles. The number of ether oxygens (including phenoxy) is 2. The molecule has 0 fully saturated rings. The van der Waals surface area contributed by atoms with E-state index in [1.165, 1.54) is 5.56 Å². The van der Waals surface area contributed by atoms with E-state index < -0.39 is 0 Å². The summed E-state index contributed by atoms with van der Waals surface area (Å²) in [4.78, 5) is 13.3. The number of hydrogen-bond donors (Lipinski definition) is 1. The SMILES string of the molecule is COc1ccc(-c2cc(C(=O)NC(C)CCc3ccccc3)n(-c3ccc(OC)cc3)n2)cc1. The van der Waals surface area contributed by atoms with Gasteiger partial charge in [0.25, 0.3) is 5.91 Å². The van der Waals surface area contributed by atoms with Gasteiger partial charge in [-0.05, 0) is 79.9 Å². The summed E-state index contributed by atoms with van der Waals surface area (Å²) in [6.45, 7) is 2.03. The average molecular weight is 456 g/mol. The first kappa shape index (κ1) is 23.1. The first-order chi connectivity index (χ1) is 16.6. The molecule has 0 aliphatic heterocycles. The smallest absolute Gasteiger partial charge is 0.270 e. The molecule has 4 aromatic rings. The lowest BCUT2D eigenvalue weighted by molar-refractivity contribution is 0.0930. The van der Waals surface area contributed by atoms with Gasteiger partial charge in [0.1, 0.15) is 17.2 Å². The Hall–Kier alpha value is -4.06. The number of rotatable bonds is 9. The van der Waals surface area contributed by atoms with E-state index in [1.54, 1.807) is 18.9 Å². The predicted molar refractivity (Wildman–Crippen MR) is 134 cm³/mol. The summed E-state index contributed by atoms with van der Waals surface area (Å²) < 4.78 is 12.2. The highest BCUT2D eigenvalue weighted by Gasteiger charge is 2.19. The number of carbonyl (C=O) groups is 1. The maximum Gasteiger partial charge on any atom is 0.270 e. The van der Waals surface area contributed by atoms with Gasteiger partial charge in [0.05, 0.1) is 25.6 Å². The molecule has 1 aromatic heterocycles. The molecule has 6 nitrogen and oxygen atoms in total. The Balaban J connectivity index is 1.59. The Kier molecular flexibility index (Phi) is 7.28. The topological polar surface area (TPSA) is 65.4 Å². The molecule has 0 aliphatic rings. The maximum absolute atomic E-state index is 13.3. The van der Waals surface area contributed by atoms with Gasteiger partial charge in [-0.25, -0.2) is 4.68 Å². The summed E-state index contributed by atoms with van der Waals surface area (Å²) in [5, 5.41) is 7.90. The van der Waals surface area contributed by atoms with Crippen LogP contribution in [-0.2, 0) is 6.42 Å². The monoisotopic (exact) mass is 455 g/mol. The highest BCUT2D eigenvalue weighted by Crippen LogP contribution is 2.25. The fourth-order valence-electron chi connectivity index (χ4n) is 3.76. The van der Waals surface area contributed by atoms with Crippen molar-refractivity contribution in [3.63, 3.8) is 0 Å². The second-order valence-electron chi connectivity index (χ2n) is 8.15. The number of nitrogens with zero attached hydrogens (tertiary/aromatic N) is 2. The number of benzene rings is 3. The van der Waals surface area contributed by atoms with Crippen molar-refractivity contribution in [3.05, 3.63) is 96.2 Å². The molecule has 1 atom stereocenters. The number of hydrogen-bond acceptors (Lipinski definition) is 4. The molecule has 1 amide bonds. The summed E-state index contributed by atoms with van der Waals surface area (Å²) >= 11 is 0. The summed E-state index contributed by atoms with van der Waals surface area (Å²) in [7, 11) is 3.26. The van der Waals surface area contributed by atoms with Crippen molar-refractivity contribution in [2.24, 2.45) is 0 Å². The van der Waals surface area contributed by atoms with Crippen LogP contribution in [0.4, 0.5) is 0 Å².